The molecule has 0 amide bonds. The second-order valence-corrected chi connectivity index (χ2v) is 5.27. The predicted octanol–water partition coefficient (Wildman–Crippen LogP) is 3.96. The number of ether oxygens (including phenoxy) is 1. The van der Waals surface area contributed by atoms with E-state index >= 15 is 0 Å². The maximum Gasteiger partial charge on any atom is 0.119 e. The predicted molar refractivity (Wildman–Crippen MR) is 82.3 cm³/mol. The molecule has 0 aliphatic rings. The Morgan fingerprint density at radius 1 is 1.00 bits per heavy atom. The lowest BCUT2D eigenvalue weighted by atomic mass is 9.97. The molecule has 0 fully saturated rings. The zero-order valence-corrected chi connectivity index (χ0v) is 12.1. The maximum absolute atomic E-state index is 9.46. The highest BCUT2D eigenvalue weighted by Crippen LogP contribution is 2.16. The van der Waals surface area contributed by atoms with Gasteiger partial charge in [-0.25, -0.2) is 0 Å². The monoisotopic (exact) mass is 290 g/mol. The fourth-order valence-electron chi connectivity index (χ4n) is 2.07. The summed E-state index contributed by atoms with van der Waals surface area (Å²) >= 11 is 5.86. The molecular weight excluding hydrogens is 272 g/mol. The van der Waals surface area contributed by atoms with Crippen LogP contribution in [0, 0.1) is 5.92 Å². The van der Waals surface area contributed by atoms with Crippen molar-refractivity contribution in [1.29, 1.82) is 0 Å². The first-order valence-corrected chi connectivity index (χ1v) is 7.19. The number of hydrogen-bond donors (Lipinski definition) is 1. The van der Waals surface area contributed by atoms with Crippen LogP contribution in [0.3, 0.4) is 0 Å². The van der Waals surface area contributed by atoms with Gasteiger partial charge in [0.2, 0.25) is 0 Å². The first kappa shape index (κ1) is 14.9. The van der Waals surface area contributed by atoms with E-state index in [1.54, 1.807) is 0 Å². The third-order valence-electron chi connectivity index (χ3n) is 3.23. The van der Waals surface area contributed by atoms with Gasteiger partial charge in [-0.15, -0.1) is 0 Å². The van der Waals surface area contributed by atoms with Crippen LogP contribution in [0.2, 0.25) is 5.02 Å². The van der Waals surface area contributed by atoms with Crippen molar-refractivity contribution in [1.82, 2.24) is 0 Å². The molecule has 0 aliphatic carbocycles. The van der Waals surface area contributed by atoms with Gasteiger partial charge in [-0.2, -0.15) is 0 Å². The third kappa shape index (κ3) is 4.87. The minimum atomic E-state index is 0.167. The molecule has 0 spiro atoms. The van der Waals surface area contributed by atoms with Gasteiger partial charge in [0.1, 0.15) is 5.75 Å². The Hall–Kier alpha value is -1.51. The Morgan fingerprint density at radius 3 is 2.35 bits per heavy atom. The van der Waals surface area contributed by atoms with Gasteiger partial charge in [-0.05, 0) is 48.6 Å². The summed E-state index contributed by atoms with van der Waals surface area (Å²) in [6.07, 6.45) is 1.67. The molecule has 1 atom stereocenters. The zero-order chi connectivity index (χ0) is 14.2. The van der Waals surface area contributed by atoms with E-state index < -0.39 is 0 Å². The van der Waals surface area contributed by atoms with Crippen LogP contribution in [-0.2, 0) is 6.42 Å². The van der Waals surface area contributed by atoms with Crippen molar-refractivity contribution in [2.24, 2.45) is 5.92 Å². The van der Waals surface area contributed by atoms with Crippen molar-refractivity contribution in [2.75, 3.05) is 13.2 Å². The first-order chi connectivity index (χ1) is 9.78. The number of aliphatic hydroxyl groups excluding tert-OH is 1. The van der Waals surface area contributed by atoms with E-state index in [1.807, 2.05) is 54.6 Å². The lowest BCUT2D eigenvalue weighted by molar-refractivity contribution is 0.190. The van der Waals surface area contributed by atoms with E-state index in [4.69, 9.17) is 16.3 Å². The van der Waals surface area contributed by atoms with Crippen LogP contribution in [0.5, 0.6) is 5.75 Å². The fraction of sp³-hybridized carbons (Fsp3) is 0.294. The second-order valence-electron chi connectivity index (χ2n) is 4.83. The summed E-state index contributed by atoms with van der Waals surface area (Å²) in [5.74, 6) is 1.08. The van der Waals surface area contributed by atoms with Gasteiger partial charge in [0.25, 0.3) is 0 Å². The van der Waals surface area contributed by atoms with Gasteiger partial charge in [0.15, 0.2) is 0 Å². The zero-order valence-electron chi connectivity index (χ0n) is 11.3. The minimum absolute atomic E-state index is 0.167. The summed E-state index contributed by atoms with van der Waals surface area (Å²) in [7, 11) is 0. The Kier molecular flexibility index (Phi) is 5.90. The van der Waals surface area contributed by atoms with Gasteiger partial charge in [0.05, 0.1) is 6.61 Å². The van der Waals surface area contributed by atoms with E-state index in [9.17, 15) is 5.11 Å². The Labute approximate surface area is 125 Å². The van der Waals surface area contributed by atoms with Crippen molar-refractivity contribution < 1.29 is 9.84 Å². The molecule has 0 aromatic heterocycles. The van der Waals surface area contributed by atoms with E-state index in [2.05, 4.69) is 0 Å². The van der Waals surface area contributed by atoms with Crippen molar-refractivity contribution in [2.45, 2.75) is 12.8 Å². The SMILES string of the molecule is OCC(CCOc1ccccc1)Cc1ccc(Cl)cc1. The second kappa shape index (κ2) is 7.93. The average Bonchev–Trinajstić information content (AvgIpc) is 2.49. The molecule has 0 aliphatic heterocycles. The largest absolute Gasteiger partial charge is 0.494 e. The highest BCUT2D eigenvalue weighted by Gasteiger charge is 2.09. The molecule has 106 valence electrons. The smallest absolute Gasteiger partial charge is 0.119 e. The highest BCUT2D eigenvalue weighted by molar-refractivity contribution is 6.30. The molecule has 0 radical (unpaired) electrons. The molecule has 0 saturated carbocycles. The van der Waals surface area contributed by atoms with E-state index in [0.717, 1.165) is 23.6 Å². The van der Waals surface area contributed by atoms with Crippen molar-refractivity contribution >= 4 is 11.6 Å². The summed E-state index contributed by atoms with van der Waals surface area (Å²) in [5, 5.41) is 10.2. The third-order valence-corrected chi connectivity index (χ3v) is 3.49. The van der Waals surface area contributed by atoms with E-state index in [-0.39, 0.29) is 12.5 Å². The van der Waals surface area contributed by atoms with Crippen LogP contribution >= 0.6 is 11.6 Å². The van der Waals surface area contributed by atoms with Crippen LogP contribution in [0.4, 0.5) is 0 Å². The summed E-state index contributed by atoms with van der Waals surface area (Å²) < 4.78 is 5.66. The van der Waals surface area contributed by atoms with Crippen molar-refractivity contribution in [3.05, 3.63) is 65.2 Å². The summed E-state index contributed by atoms with van der Waals surface area (Å²) in [4.78, 5) is 0. The molecular formula is C17H19ClO2. The fourth-order valence-corrected chi connectivity index (χ4v) is 2.20. The quantitative estimate of drug-likeness (QED) is 0.836. The highest BCUT2D eigenvalue weighted by atomic mass is 35.5. The number of hydrogen-bond acceptors (Lipinski definition) is 2. The van der Waals surface area contributed by atoms with Gasteiger partial charge in [-0.1, -0.05) is 41.9 Å². The molecule has 0 saturated heterocycles. The molecule has 2 rings (SSSR count). The van der Waals surface area contributed by atoms with Crippen LogP contribution < -0.4 is 4.74 Å². The number of para-hydroxylation sites is 1. The average molecular weight is 291 g/mol. The molecule has 3 heteroatoms. The van der Waals surface area contributed by atoms with Gasteiger partial charge >= 0.3 is 0 Å². The maximum atomic E-state index is 9.46. The summed E-state index contributed by atoms with van der Waals surface area (Å²) in [5.41, 5.74) is 1.19. The van der Waals surface area contributed by atoms with Gasteiger partial charge in [-0.3, -0.25) is 0 Å². The number of rotatable bonds is 7. The van der Waals surface area contributed by atoms with Crippen LogP contribution in [-0.4, -0.2) is 18.3 Å². The molecule has 1 N–H and O–H groups in total. The van der Waals surface area contributed by atoms with Gasteiger partial charge in [0, 0.05) is 11.6 Å². The Balaban J connectivity index is 1.79. The number of benzene rings is 2. The molecule has 0 heterocycles. The Morgan fingerprint density at radius 2 is 1.70 bits per heavy atom. The molecule has 1 unspecified atom stereocenters. The summed E-state index contributed by atoms with van der Waals surface area (Å²) in [6.45, 7) is 0.781. The molecule has 2 nitrogen and oxygen atoms in total. The number of aliphatic hydroxyl groups is 1. The Bertz CT molecular complexity index is 496. The van der Waals surface area contributed by atoms with Crippen molar-refractivity contribution in [3.8, 4) is 5.75 Å². The molecule has 20 heavy (non-hydrogen) atoms. The van der Waals surface area contributed by atoms with Crippen LogP contribution in [0.1, 0.15) is 12.0 Å². The first-order valence-electron chi connectivity index (χ1n) is 6.81. The van der Waals surface area contributed by atoms with Gasteiger partial charge < -0.3 is 9.84 Å². The van der Waals surface area contributed by atoms with E-state index in [1.165, 1.54) is 5.56 Å². The van der Waals surface area contributed by atoms with Crippen LogP contribution in [0.25, 0.3) is 0 Å². The van der Waals surface area contributed by atoms with Crippen molar-refractivity contribution in [3.63, 3.8) is 0 Å². The lowest BCUT2D eigenvalue weighted by Gasteiger charge is -2.15. The molecule has 2 aromatic rings. The lowest BCUT2D eigenvalue weighted by Crippen LogP contribution is -2.14. The van der Waals surface area contributed by atoms with E-state index in [0.29, 0.717) is 6.61 Å². The topological polar surface area (TPSA) is 29.5 Å². The minimum Gasteiger partial charge on any atom is -0.494 e. The standard InChI is InChI=1S/C17H19ClO2/c18-16-8-6-14(7-9-16)12-15(13-19)10-11-20-17-4-2-1-3-5-17/h1-9,15,19H,10-13H2. The molecule has 0 bridgehead atoms. The molecule has 2 aromatic carbocycles. The summed E-state index contributed by atoms with van der Waals surface area (Å²) in [6, 6.07) is 17.5. The van der Waals surface area contributed by atoms with Crippen LogP contribution in [0.15, 0.2) is 54.6 Å². The normalized spacial score (nSPS) is 12.1. The number of halogens is 1.